The second-order valence-electron chi connectivity index (χ2n) is 5.77. The van der Waals surface area contributed by atoms with Crippen molar-refractivity contribution in [2.24, 2.45) is 5.41 Å². The average molecular weight is 217 g/mol. The molecule has 16 heavy (non-hydrogen) atoms. The van der Waals surface area contributed by atoms with Crippen LogP contribution in [-0.4, -0.2) is 16.7 Å². The number of para-hydroxylation sites is 1. The minimum absolute atomic E-state index is 0.118. The molecule has 0 spiro atoms. The van der Waals surface area contributed by atoms with Crippen LogP contribution in [0.1, 0.15) is 32.3 Å². The van der Waals surface area contributed by atoms with Gasteiger partial charge in [0.05, 0.1) is 11.6 Å². The second kappa shape index (κ2) is 3.01. The van der Waals surface area contributed by atoms with Crippen molar-refractivity contribution >= 4 is 5.69 Å². The van der Waals surface area contributed by atoms with Crippen molar-refractivity contribution in [3.05, 3.63) is 29.8 Å². The normalized spacial score (nSPS) is 29.1. The Morgan fingerprint density at radius 2 is 2.06 bits per heavy atom. The largest absolute Gasteiger partial charge is 0.387 e. The molecular formula is C14H19NO. The van der Waals surface area contributed by atoms with Gasteiger partial charge in [0.25, 0.3) is 0 Å². The highest BCUT2D eigenvalue weighted by Crippen LogP contribution is 2.56. The molecule has 2 heteroatoms. The molecule has 1 aromatic rings. The van der Waals surface area contributed by atoms with Gasteiger partial charge in [-0.15, -0.1) is 0 Å². The Balaban J connectivity index is 1.86. The minimum Gasteiger partial charge on any atom is -0.387 e. The highest BCUT2D eigenvalue weighted by molar-refractivity contribution is 5.57. The summed E-state index contributed by atoms with van der Waals surface area (Å²) in [5.41, 5.74) is 2.03. The Morgan fingerprint density at radius 1 is 1.38 bits per heavy atom. The molecule has 1 aliphatic heterocycles. The third-order valence-corrected chi connectivity index (χ3v) is 4.67. The van der Waals surface area contributed by atoms with Gasteiger partial charge in [-0.05, 0) is 43.2 Å². The first-order valence-corrected chi connectivity index (χ1v) is 6.10. The van der Waals surface area contributed by atoms with Gasteiger partial charge in [-0.25, -0.2) is 0 Å². The van der Waals surface area contributed by atoms with Crippen molar-refractivity contribution in [1.82, 2.24) is 0 Å². The van der Waals surface area contributed by atoms with E-state index < -0.39 is 5.60 Å². The summed E-state index contributed by atoms with van der Waals surface area (Å²) in [7, 11) is 0. The second-order valence-corrected chi connectivity index (χ2v) is 5.77. The van der Waals surface area contributed by atoms with Crippen LogP contribution in [0.3, 0.4) is 0 Å². The number of nitrogens with one attached hydrogen (secondary N) is 1. The summed E-state index contributed by atoms with van der Waals surface area (Å²) in [4.78, 5) is 0. The number of fused-ring (bicyclic) bond motifs is 1. The number of aliphatic hydroxyl groups is 1. The molecule has 3 rings (SSSR count). The average Bonchev–Trinajstić information content (AvgIpc) is 2.87. The lowest BCUT2D eigenvalue weighted by atomic mass is 9.80. The third-order valence-electron chi connectivity index (χ3n) is 4.67. The SMILES string of the molecule is CC1(C(C)(O)C2Cc3ccccc3N2)CC1. The maximum absolute atomic E-state index is 10.7. The van der Waals surface area contributed by atoms with E-state index in [1.807, 2.05) is 13.0 Å². The van der Waals surface area contributed by atoms with E-state index in [0.29, 0.717) is 0 Å². The van der Waals surface area contributed by atoms with E-state index in [9.17, 15) is 5.11 Å². The molecule has 1 aromatic carbocycles. The van der Waals surface area contributed by atoms with Gasteiger partial charge in [0.15, 0.2) is 0 Å². The molecule has 1 heterocycles. The molecule has 2 nitrogen and oxygen atoms in total. The lowest BCUT2D eigenvalue weighted by molar-refractivity contribution is -0.0230. The molecule has 1 fully saturated rings. The quantitative estimate of drug-likeness (QED) is 0.798. The Bertz CT molecular complexity index is 395. The number of benzene rings is 1. The first-order valence-electron chi connectivity index (χ1n) is 6.10. The van der Waals surface area contributed by atoms with Crippen LogP contribution in [0.25, 0.3) is 0 Å². The summed E-state index contributed by atoms with van der Waals surface area (Å²) in [5, 5.41) is 14.2. The van der Waals surface area contributed by atoms with E-state index in [1.54, 1.807) is 0 Å². The zero-order chi connectivity index (χ0) is 11.4. The molecule has 0 amide bonds. The molecule has 2 aliphatic rings. The van der Waals surface area contributed by atoms with Crippen molar-refractivity contribution < 1.29 is 5.11 Å². The third kappa shape index (κ3) is 1.29. The van der Waals surface area contributed by atoms with Gasteiger partial charge in [-0.1, -0.05) is 25.1 Å². The van der Waals surface area contributed by atoms with Crippen molar-refractivity contribution in [3.8, 4) is 0 Å². The van der Waals surface area contributed by atoms with Crippen LogP contribution < -0.4 is 5.32 Å². The van der Waals surface area contributed by atoms with E-state index >= 15 is 0 Å². The Morgan fingerprint density at radius 3 is 2.69 bits per heavy atom. The zero-order valence-electron chi connectivity index (χ0n) is 9.96. The first kappa shape index (κ1) is 10.2. The van der Waals surface area contributed by atoms with Crippen LogP contribution in [-0.2, 0) is 6.42 Å². The van der Waals surface area contributed by atoms with Gasteiger partial charge < -0.3 is 10.4 Å². The van der Waals surface area contributed by atoms with E-state index in [-0.39, 0.29) is 11.5 Å². The molecule has 2 unspecified atom stereocenters. The van der Waals surface area contributed by atoms with Crippen LogP contribution >= 0.6 is 0 Å². The molecule has 2 atom stereocenters. The predicted molar refractivity (Wildman–Crippen MR) is 65.5 cm³/mol. The molecule has 0 saturated heterocycles. The molecular weight excluding hydrogens is 198 g/mol. The molecule has 1 aliphatic carbocycles. The molecule has 0 bridgehead atoms. The summed E-state index contributed by atoms with van der Waals surface area (Å²) >= 11 is 0. The monoisotopic (exact) mass is 217 g/mol. The van der Waals surface area contributed by atoms with Gasteiger partial charge in [-0.3, -0.25) is 0 Å². The van der Waals surface area contributed by atoms with Crippen molar-refractivity contribution in [1.29, 1.82) is 0 Å². The highest BCUT2D eigenvalue weighted by atomic mass is 16.3. The van der Waals surface area contributed by atoms with Gasteiger partial charge in [0, 0.05) is 5.69 Å². The zero-order valence-corrected chi connectivity index (χ0v) is 9.96. The fourth-order valence-electron chi connectivity index (χ4n) is 2.75. The Kier molecular flexibility index (Phi) is 1.91. The van der Waals surface area contributed by atoms with Gasteiger partial charge in [0.2, 0.25) is 0 Å². The van der Waals surface area contributed by atoms with Crippen LogP contribution in [0.4, 0.5) is 5.69 Å². The molecule has 86 valence electrons. The van der Waals surface area contributed by atoms with Crippen LogP contribution in [0.2, 0.25) is 0 Å². The van der Waals surface area contributed by atoms with Crippen LogP contribution in [0.15, 0.2) is 24.3 Å². The van der Waals surface area contributed by atoms with Crippen LogP contribution in [0.5, 0.6) is 0 Å². The Labute approximate surface area is 96.7 Å². The molecule has 0 aromatic heterocycles. The number of rotatable bonds is 2. The molecule has 0 radical (unpaired) electrons. The standard InChI is InChI=1S/C14H19NO/c1-13(7-8-13)14(2,16)12-9-10-5-3-4-6-11(10)15-12/h3-6,12,15-16H,7-9H2,1-2H3. The summed E-state index contributed by atoms with van der Waals surface area (Å²) in [5.74, 6) is 0. The topological polar surface area (TPSA) is 32.3 Å². The van der Waals surface area contributed by atoms with E-state index in [0.717, 1.165) is 19.3 Å². The summed E-state index contributed by atoms with van der Waals surface area (Å²) in [6.07, 6.45) is 3.24. The fourth-order valence-corrected chi connectivity index (χ4v) is 2.75. The van der Waals surface area contributed by atoms with Gasteiger partial charge in [0.1, 0.15) is 0 Å². The highest BCUT2D eigenvalue weighted by Gasteiger charge is 2.56. The lowest BCUT2D eigenvalue weighted by Crippen LogP contribution is -2.49. The maximum Gasteiger partial charge on any atom is 0.0876 e. The van der Waals surface area contributed by atoms with Crippen molar-refractivity contribution in [2.75, 3.05) is 5.32 Å². The fraction of sp³-hybridized carbons (Fsp3) is 0.571. The summed E-state index contributed by atoms with van der Waals surface area (Å²) in [6, 6.07) is 8.52. The van der Waals surface area contributed by atoms with E-state index in [1.165, 1.54) is 11.3 Å². The van der Waals surface area contributed by atoms with Gasteiger partial charge >= 0.3 is 0 Å². The smallest absolute Gasteiger partial charge is 0.0876 e. The minimum atomic E-state index is -0.605. The predicted octanol–water partition coefficient (Wildman–Crippen LogP) is 2.57. The van der Waals surface area contributed by atoms with E-state index in [4.69, 9.17) is 0 Å². The number of anilines is 1. The van der Waals surface area contributed by atoms with Gasteiger partial charge in [-0.2, -0.15) is 0 Å². The summed E-state index contributed by atoms with van der Waals surface area (Å²) in [6.45, 7) is 4.18. The van der Waals surface area contributed by atoms with Crippen molar-refractivity contribution in [3.63, 3.8) is 0 Å². The lowest BCUT2D eigenvalue weighted by Gasteiger charge is -2.36. The summed E-state index contributed by atoms with van der Waals surface area (Å²) < 4.78 is 0. The Hall–Kier alpha value is -1.02. The number of hydrogen-bond donors (Lipinski definition) is 2. The van der Waals surface area contributed by atoms with E-state index in [2.05, 4.69) is 30.4 Å². The molecule has 2 N–H and O–H groups in total. The maximum atomic E-state index is 10.7. The van der Waals surface area contributed by atoms with Crippen molar-refractivity contribution in [2.45, 2.75) is 44.8 Å². The van der Waals surface area contributed by atoms with Crippen LogP contribution in [0, 0.1) is 5.41 Å². The molecule has 1 saturated carbocycles. The number of hydrogen-bond acceptors (Lipinski definition) is 2. The first-order chi connectivity index (χ1) is 7.53.